The number of nitrogens with one attached hydrogen (secondary N) is 1. The molecule has 1 atom stereocenters. The van der Waals surface area contributed by atoms with Crippen molar-refractivity contribution in [1.29, 1.82) is 0 Å². The first-order valence-corrected chi connectivity index (χ1v) is 6.86. The van der Waals surface area contributed by atoms with E-state index in [2.05, 4.69) is 50.4 Å². The highest BCUT2D eigenvalue weighted by Gasteiger charge is 2.46. The van der Waals surface area contributed by atoms with Gasteiger partial charge in [-0.15, -0.1) is 0 Å². The number of para-hydroxylation sites is 1. The van der Waals surface area contributed by atoms with Gasteiger partial charge in [-0.1, -0.05) is 32.0 Å². The molecule has 1 aromatic carbocycles. The van der Waals surface area contributed by atoms with Gasteiger partial charge in [-0.25, -0.2) is 0 Å². The van der Waals surface area contributed by atoms with Gasteiger partial charge >= 0.3 is 0 Å². The molecule has 3 rings (SSSR count). The molecular weight excluding hydrogens is 222 g/mol. The largest absolute Gasteiger partial charge is 0.459 e. The van der Waals surface area contributed by atoms with Crippen LogP contribution in [0.2, 0.25) is 0 Å². The topological polar surface area (TPSA) is 25.2 Å². The highest BCUT2D eigenvalue weighted by atomic mass is 16.3. The van der Waals surface area contributed by atoms with E-state index in [1.807, 2.05) is 0 Å². The summed E-state index contributed by atoms with van der Waals surface area (Å²) in [6.45, 7) is 7.60. The third-order valence-corrected chi connectivity index (χ3v) is 4.19. The van der Waals surface area contributed by atoms with E-state index in [0.717, 1.165) is 17.9 Å². The lowest BCUT2D eigenvalue weighted by molar-refractivity contribution is 0.321. The van der Waals surface area contributed by atoms with Crippen LogP contribution in [0.25, 0.3) is 11.0 Å². The molecule has 0 aliphatic heterocycles. The second-order valence-electron chi connectivity index (χ2n) is 5.79. The molecule has 2 aromatic rings. The van der Waals surface area contributed by atoms with E-state index in [-0.39, 0.29) is 0 Å². The second-order valence-corrected chi connectivity index (χ2v) is 5.79. The monoisotopic (exact) mass is 243 g/mol. The molecule has 2 heteroatoms. The summed E-state index contributed by atoms with van der Waals surface area (Å²) in [5.74, 6) is 1.10. The van der Waals surface area contributed by atoms with Crippen LogP contribution in [0.1, 0.15) is 44.1 Å². The first-order chi connectivity index (χ1) is 8.64. The summed E-state index contributed by atoms with van der Waals surface area (Å²) in [6, 6.07) is 8.90. The Hall–Kier alpha value is -1.28. The third kappa shape index (κ3) is 1.85. The molecule has 0 saturated heterocycles. The van der Waals surface area contributed by atoms with Gasteiger partial charge in [-0.2, -0.15) is 0 Å². The van der Waals surface area contributed by atoms with Crippen LogP contribution in [-0.4, -0.2) is 6.54 Å². The number of benzene rings is 1. The van der Waals surface area contributed by atoms with Crippen LogP contribution < -0.4 is 5.32 Å². The molecule has 96 valence electrons. The predicted molar refractivity (Wildman–Crippen MR) is 74.7 cm³/mol. The smallest absolute Gasteiger partial charge is 0.137 e. The fourth-order valence-corrected chi connectivity index (χ4v) is 2.75. The zero-order chi connectivity index (χ0) is 12.8. The van der Waals surface area contributed by atoms with Gasteiger partial charge in [0, 0.05) is 5.39 Å². The SMILES string of the molecule is CCNC(c1cc2cccc(C)c2o1)C1(C)CC1. The molecule has 2 nitrogen and oxygen atoms in total. The number of furan rings is 1. The Bertz CT molecular complexity index is 565. The van der Waals surface area contributed by atoms with Crippen molar-refractivity contribution >= 4 is 11.0 Å². The molecule has 0 spiro atoms. The molecule has 1 N–H and O–H groups in total. The zero-order valence-corrected chi connectivity index (χ0v) is 11.4. The Morgan fingerprint density at radius 3 is 2.78 bits per heavy atom. The number of fused-ring (bicyclic) bond motifs is 1. The van der Waals surface area contributed by atoms with Crippen molar-refractivity contribution in [3.63, 3.8) is 0 Å². The maximum Gasteiger partial charge on any atom is 0.137 e. The molecule has 1 saturated carbocycles. The lowest BCUT2D eigenvalue weighted by Gasteiger charge is -2.22. The lowest BCUT2D eigenvalue weighted by atomic mass is 9.96. The van der Waals surface area contributed by atoms with Crippen molar-refractivity contribution in [2.24, 2.45) is 5.41 Å². The van der Waals surface area contributed by atoms with Crippen LogP contribution in [0.15, 0.2) is 28.7 Å². The molecule has 1 heterocycles. The molecular formula is C16H21NO. The third-order valence-electron chi connectivity index (χ3n) is 4.19. The normalized spacial score (nSPS) is 19.1. The summed E-state index contributed by atoms with van der Waals surface area (Å²) in [6.07, 6.45) is 2.58. The van der Waals surface area contributed by atoms with Crippen LogP contribution in [0.5, 0.6) is 0 Å². The van der Waals surface area contributed by atoms with E-state index < -0.39 is 0 Å². The Kier molecular flexibility index (Phi) is 2.70. The fourth-order valence-electron chi connectivity index (χ4n) is 2.75. The van der Waals surface area contributed by atoms with Gasteiger partial charge in [-0.3, -0.25) is 0 Å². The lowest BCUT2D eigenvalue weighted by Crippen LogP contribution is -2.27. The molecule has 1 aliphatic carbocycles. The first kappa shape index (κ1) is 11.8. The molecule has 0 bridgehead atoms. The van der Waals surface area contributed by atoms with Crippen molar-refractivity contribution in [1.82, 2.24) is 5.32 Å². The van der Waals surface area contributed by atoms with Gasteiger partial charge in [0.25, 0.3) is 0 Å². The summed E-state index contributed by atoms with van der Waals surface area (Å²) in [5, 5.41) is 4.81. The van der Waals surface area contributed by atoms with Crippen molar-refractivity contribution < 1.29 is 4.42 Å². The Labute approximate surface area is 108 Å². The van der Waals surface area contributed by atoms with Crippen molar-refractivity contribution in [3.05, 3.63) is 35.6 Å². The van der Waals surface area contributed by atoms with Gasteiger partial charge in [0.15, 0.2) is 0 Å². The fraction of sp³-hybridized carbons (Fsp3) is 0.500. The minimum atomic E-state index is 0.356. The van der Waals surface area contributed by atoms with Gasteiger partial charge in [0.05, 0.1) is 6.04 Å². The number of aryl methyl sites for hydroxylation is 1. The summed E-state index contributed by atoms with van der Waals surface area (Å²) >= 11 is 0. The average Bonchev–Trinajstić information content (AvgIpc) is 2.92. The van der Waals surface area contributed by atoms with Gasteiger partial charge in [0.1, 0.15) is 11.3 Å². The average molecular weight is 243 g/mol. The van der Waals surface area contributed by atoms with Gasteiger partial charge < -0.3 is 9.73 Å². The van der Waals surface area contributed by atoms with E-state index >= 15 is 0 Å². The number of hydrogen-bond donors (Lipinski definition) is 1. The number of hydrogen-bond acceptors (Lipinski definition) is 2. The molecule has 18 heavy (non-hydrogen) atoms. The van der Waals surface area contributed by atoms with Crippen LogP contribution in [0, 0.1) is 12.3 Å². The van der Waals surface area contributed by atoms with Crippen LogP contribution in [-0.2, 0) is 0 Å². The molecule has 1 aliphatic rings. The minimum absolute atomic E-state index is 0.356. The van der Waals surface area contributed by atoms with E-state index in [0.29, 0.717) is 11.5 Å². The second kappa shape index (κ2) is 4.13. The predicted octanol–water partition coefficient (Wildman–Crippen LogP) is 4.19. The standard InChI is InChI=1S/C16H21NO/c1-4-17-15(16(3)8-9-16)13-10-12-7-5-6-11(2)14(12)18-13/h5-7,10,15,17H,4,8-9H2,1-3H3. The first-order valence-electron chi connectivity index (χ1n) is 6.86. The zero-order valence-electron chi connectivity index (χ0n) is 11.4. The Morgan fingerprint density at radius 2 is 2.17 bits per heavy atom. The minimum Gasteiger partial charge on any atom is -0.459 e. The Balaban J connectivity index is 2.04. The van der Waals surface area contributed by atoms with Crippen molar-refractivity contribution in [2.75, 3.05) is 6.54 Å². The van der Waals surface area contributed by atoms with Crippen molar-refractivity contribution in [2.45, 2.75) is 39.7 Å². The molecule has 1 fully saturated rings. The highest BCUT2D eigenvalue weighted by molar-refractivity contribution is 5.81. The Morgan fingerprint density at radius 1 is 1.39 bits per heavy atom. The van der Waals surface area contributed by atoms with E-state index in [9.17, 15) is 0 Å². The molecule has 0 amide bonds. The molecule has 0 radical (unpaired) electrons. The maximum atomic E-state index is 6.12. The summed E-state index contributed by atoms with van der Waals surface area (Å²) in [5.41, 5.74) is 2.65. The van der Waals surface area contributed by atoms with E-state index in [1.54, 1.807) is 0 Å². The summed E-state index contributed by atoms with van der Waals surface area (Å²) < 4.78 is 6.12. The van der Waals surface area contributed by atoms with E-state index in [1.165, 1.54) is 23.8 Å². The van der Waals surface area contributed by atoms with E-state index in [4.69, 9.17) is 4.42 Å². The maximum absolute atomic E-state index is 6.12. The van der Waals surface area contributed by atoms with Crippen LogP contribution in [0.4, 0.5) is 0 Å². The van der Waals surface area contributed by atoms with Crippen LogP contribution in [0.3, 0.4) is 0 Å². The molecule has 1 aromatic heterocycles. The highest BCUT2D eigenvalue weighted by Crippen LogP contribution is 2.54. The molecule has 1 unspecified atom stereocenters. The summed E-state index contributed by atoms with van der Waals surface area (Å²) in [7, 11) is 0. The summed E-state index contributed by atoms with van der Waals surface area (Å²) in [4.78, 5) is 0. The number of rotatable bonds is 4. The van der Waals surface area contributed by atoms with Gasteiger partial charge in [-0.05, 0) is 43.4 Å². The van der Waals surface area contributed by atoms with Crippen LogP contribution >= 0.6 is 0 Å². The van der Waals surface area contributed by atoms with Gasteiger partial charge in [0.2, 0.25) is 0 Å². The van der Waals surface area contributed by atoms with Crippen molar-refractivity contribution in [3.8, 4) is 0 Å². The quantitative estimate of drug-likeness (QED) is 0.871.